The summed E-state index contributed by atoms with van der Waals surface area (Å²) in [6.07, 6.45) is 1.76. The molecule has 17 heavy (non-hydrogen) atoms. The zero-order chi connectivity index (χ0) is 11.7. The molecule has 0 radical (unpaired) electrons. The number of hydrogen-bond donors (Lipinski definition) is 0. The highest BCUT2D eigenvalue weighted by Crippen LogP contribution is 2.19. The smallest absolute Gasteiger partial charge is 0.203 e. The van der Waals surface area contributed by atoms with Crippen LogP contribution in [0.3, 0.4) is 0 Å². The SMILES string of the molecule is Cc1nnc(-c2ccc3cccnc3c2)nn1. The minimum atomic E-state index is 0.517. The van der Waals surface area contributed by atoms with E-state index < -0.39 is 0 Å². The number of benzene rings is 1. The van der Waals surface area contributed by atoms with E-state index in [1.165, 1.54) is 0 Å². The number of hydrogen-bond acceptors (Lipinski definition) is 5. The Bertz CT molecular complexity index is 663. The maximum absolute atomic E-state index is 4.29. The topological polar surface area (TPSA) is 64.5 Å². The largest absolute Gasteiger partial charge is 0.256 e. The molecule has 2 heterocycles. The summed E-state index contributed by atoms with van der Waals surface area (Å²) in [6.45, 7) is 1.76. The Kier molecular flexibility index (Phi) is 2.22. The normalized spacial score (nSPS) is 10.6. The van der Waals surface area contributed by atoms with Crippen LogP contribution in [0, 0.1) is 6.92 Å². The summed E-state index contributed by atoms with van der Waals surface area (Å²) in [4.78, 5) is 4.29. The molecule has 0 aliphatic rings. The van der Waals surface area contributed by atoms with Crippen molar-refractivity contribution in [3.8, 4) is 11.4 Å². The molecule has 3 aromatic rings. The summed E-state index contributed by atoms with van der Waals surface area (Å²) < 4.78 is 0. The van der Waals surface area contributed by atoms with Gasteiger partial charge in [0.2, 0.25) is 5.82 Å². The third kappa shape index (κ3) is 1.82. The highest BCUT2D eigenvalue weighted by molar-refractivity contribution is 5.82. The molecule has 0 bridgehead atoms. The van der Waals surface area contributed by atoms with Gasteiger partial charge >= 0.3 is 0 Å². The molecule has 2 aromatic heterocycles. The summed E-state index contributed by atoms with van der Waals surface area (Å²) in [6, 6.07) is 9.79. The first-order valence-electron chi connectivity index (χ1n) is 5.22. The van der Waals surface area contributed by atoms with Gasteiger partial charge in [0.1, 0.15) is 0 Å². The van der Waals surface area contributed by atoms with E-state index in [4.69, 9.17) is 0 Å². The molecule has 0 atom stereocenters. The number of fused-ring (bicyclic) bond motifs is 1. The van der Waals surface area contributed by atoms with Crippen molar-refractivity contribution in [2.45, 2.75) is 6.92 Å². The van der Waals surface area contributed by atoms with E-state index in [9.17, 15) is 0 Å². The lowest BCUT2D eigenvalue weighted by Crippen LogP contribution is -1.98. The third-order valence-corrected chi connectivity index (χ3v) is 2.44. The van der Waals surface area contributed by atoms with Gasteiger partial charge in [0, 0.05) is 17.1 Å². The molecule has 0 N–H and O–H groups in total. The van der Waals surface area contributed by atoms with E-state index in [-0.39, 0.29) is 0 Å². The average molecular weight is 223 g/mol. The molecule has 0 aliphatic heterocycles. The maximum atomic E-state index is 4.29. The van der Waals surface area contributed by atoms with Crippen molar-refractivity contribution in [2.75, 3.05) is 0 Å². The van der Waals surface area contributed by atoms with Crippen LogP contribution in [0.25, 0.3) is 22.3 Å². The fourth-order valence-corrected chi connectivity index (χ4v) is 1.60. The molecule has 3 rings (SSSR count). The van der Waals surface area contributed by atoms with Gasteiger partial charge in [-0.25, -0.2) is 0 Å². The maximum Gasteiger partial charge on any atom is 0.203 e. The van der Waals surface area contributed by atoms with Crippen LogP contribution in [-0.4, -0.2) is 25.4 Å². The standard InChI is InChI=1S/C12H9N5/c1-8-14-16-12(17-15-8)10-5-4-9-3-2-6-13-11(9)7-10/h2-7H,1H3. The van der Waals surface area contributed by atoms with Crippen molar-refractivity contribution in [3.05, 3.63) is 42.4 Å². The lowest BCUT2D eigenvalue weighted by atomic mass is 10.1. The van der Waals surface area contributed by atoms with Crippen molar-refractivity contribution in [1.82, 2.24) is 25.4 Å². The minimum absolute atomic E-state index is 0.517. The highest BCUT2D eigenvalue weighted by atomic mass is 15.3. The number of rotatable bonds is 1. The van der Waals surface area contributed by atoms with E-state index >= 15 is 0 Å². The van der Waals surface area contributed by atoms with Crippen LogP contribution < -0.4 is 0 Å². The highest BCUT2D eigenvalue weighted by Gasteiger charge is 2.04. The molecular formula is C12H9N5. The molecule has 0 saturated carbocycles. The molecule has 1 aromatic carbocycles. The third-order valence-electron chi connectivity index (χ3n) is 2.44. The van der Waals surface area contributed by atoms with Crippen molar-refractivity contribution >= 4 is 10.9 Å². The predicted molar refractivity (Wildman–Crippen MR) is 63.1 cm³/mol. The lowest BCUT2D eigenvalue weighted by Gasteiger charge is -2.00. The average Bonchev–Trinajstić information content (AvgIpc) is 2.39. The number of nitrogens with zero attached hydrogens (tertiary/aromatic N) is 5. The van der Waals surface area contributed by atoms with Gasteiger partial charge in [0.15, 0.2) is 5.82 Å². The summed E-state index contributed by atoms with van der Waals surface area (Å²) in [7, 11) is 0. The van der Waals surface area contributed by atoms with Crippen LogP contribution in [0.2, 0.25) is 0 Å². The quantitative estimate of drug-likeness (QED) is 0.629. The molecule has 5 heteroatoms. The molecule has 0 saturated heterocycles. The first-order chi connectivity index (χ1) is 8.33. The number of pyridine rings is 1. The van der Waals surface area contributed by atoms with Crippen molar-refractivity contribution in [1.29, 1.82) is 0 Å². The van der Waals surface area contributed by atoms with Crippen molar-refractivity contribution < 1.29 is 0 Å². The van der Waals surface area contributed by atoms with Gasteiger partial charge in [0.25, 0.3) is 0 Å². The van der Waals surface area contributed by atoms with Gasteiger partial charge < -0.3 is 0 Å². The summed E-state index contributed by atoms with van der Waals surface area (Å²) in [5.74, 6) is 1.08. The minimum Gasteiger partial charge on any atom is -0.256 e. The summed E-state index contributed by atoms with van der Waals surface area (Å²) >= 11 is 0. The van der Waals surface area contributed by atoms with E-state index in [1.807, 2.05) is 30.3 Å². The van der Waals surface area contributed by atoms with Crippen molar-refractivity contribution in [3.63, 3.8) is 0 Å². The molecule has 82 valence electrons. The number of aromatic nitrogens is 5. The Hall–Kier alpha value is -2.43. The summed E-state index contributed by atoms with van der Waals surface area (Å²) in [5, 5.41) is 16.9. The zero-order valence-corrected chi connectivity index (χ0v) is 9.20. The molecule has 0 spiro atoms. The fourth-order valence-electron chi connectivity index (χ4n) is 1.60. The van der Waals surface area contributed by atoms with Crippen LogP contribution in [0.4, 0.5) is 0 Å². The van der Waals surface area contributed by atoms with Gasteiger partial charge in [-0.1, -0.05) is 18.2 Å². The van der Waals surface area contributed by atoms with Crippen LogP contribution in [0.5, 0.6) is 0 Å². The second-order valence-electron chi connectivity index (χ2n) is 3.68. The molecule has 0 amide bonds. The van der Waals surface area contributed by atoms with E-state index in [0.717, 1.165) is 16.5 Å². The molecule has 0 aliphatic carbocycles. The Balaban J connectivity index is 2.14. The van der Waals surface area contributed by atoms with Gasteiger partial charge in [0.05, 0.1) is 5.52 Å². The molecule has 0 fully saturated rings. The van der Waals surface area contributed by atoms with E-state index in [0.29, 0.717) is 11.6 Å². The van der Waals surface area contributed by atoms with Gasteiger partial charge in [-0.3, -0.25) is 4.98 Å². The Morgan fingerprint density at radius 1 is 0.941 bits per heavy atom. The molecule has 0 unspecified atom stereocenters. The monoisotopic (exact) mass is 223 g/mol. The van der Waals surface area contributed by atoms with Crippen LogP contribution in [0.1, 0.15) is 5.82 Å². The summed E-state index contributed by atoms with van der Waals surface area (Å²) in [5.41, 5.74) is 1.78. The van der Waals surface area contributed by atoms with Gasteiger partial charge in [-0.15, -0.1) is 20.4 Å². The number of aryl methyl sites for hydroxylation is 1. The fraction of sp³-hybridized carbons (Fsp3) is 0.0833. The molecular weight excluding hydrogens is 214 g/mol. The Morgan fingerprint density at radius 2 is 1.76 bits per heavy atom. The first kappa shape index (κ1) is 9.77. The Morgan fingerprint density at radius 3 is 2.59 bits per heavy atom. The zero-order valence-electron chi connectivity index (χ0n) is 9.20. The van der Waals surface area contributed by atoms with Crippen LogP contribution in [-0.2, 0) is 0 Å². The second-order valence-corrected chi connectivity index (χ2v) is 3.68. The van der Waals surface area contributed by atoms with E-state index in [2.05, 4.69) is 25.4 Å². The lowest BCUT2D eigenvalue weighted by molar-refractivity contribution is 0.816. The van der Waals surface area contributed by atoms with Crippen LogP contribution >= 0.6 is 0 Å². The predicted octanol–water partition coefficient (Wildman–Crippen LogP) is 1.79. The first-order valence-corrected chi connectivity index (χ1v) is 5.22. The molecule has 5 nitrogen and oxygen atoms in total. The van der Waals surface area contributed by atoms with Gasteiger partial charge in [-0.2, -0.15) is 0 Å². The van der Waals surface area contributed by atoms with Crippen molar-refractivity contribution in [2.24, 2.45) is 0 Å². The van der Waals surface area contributed by atoms with Crippen LogP contribution in [0.15, 0.2) is 36.5 Å². The second kappa shape index (κ2) is 3.86. The van der Waals surface area contributed by atoms with E-state index in [1.54, 1.807) is 13.1 Å². The van der Waals surface area contributed by atoms with Gasteiger partial charge in [-0.05, 0) is 19.1 Å². The Labute approximate surface area is 97.6 Å².